The lowest BCUT2D eigenvalue weighted by molar-refractivity contribution is 0.128. The Bertz CT molecular complexity index is 628. The Hall–Kier alpha value is -2.03. The lowest BCUT2D eigenvalue weighted by Gasteiger charge is -2.25. The highest BCUT2D eigenvalue weighted by atomic mass is 16.5. The third kappa shape index (κ3) is 4.00. The van der Waals surface area contributed by atoms with Gasteiger partial charge in [0.2, 0.25) is 0 Å². The number of ether oxygens (including phenoxy) is 2. The summed E-state index contributed by atoms with van der Waals surface area (Å²) in [5, 5.41) is 0. The fourth-order valence-electron chi connectivity index (χ4n) is 2.23. The van der Waals surface area contributed by atoms with E-state index < -0.39 is 0 Å². The maximum atomic E-state index is 6.07. The van der Waals surface area contributed by atoms with Crippen LogP contribution in [0, 0.1) is 6.92 Å². The van der Waals surface area contributed by atoms with Gasteiger partial charge in [0.25, 0.3) is 0 Å². The molecule has 0 bridgehead atoms. The van der Waals surface area contributed by atoms with Crippen molar-refractivity contribution in [3.63, 3.8) is 0 Å². The minimum absolute atomic E-state index is 0.0889. The molecule has 0 aliphatic rings. The summed E-state index contributed by atoms with van der Waals surface area (Å²) in [6.07, 6.45) is 1.88. The van der Waals surface area contributed by atoms with Gasteiger partial charge in [-0.2, -0.15) is 0 Å². The van der Waals surface area contributed by atoms with Crippen LogP contribution in [-0.2, 0) is 0 Å². The van der Waals surface area contributed by atoms with E-state index in [9.17, 15) is 0 Å². The lowest BCUT2D eigenvalue weighted by atomic mass is 10.0. The summed E-state index contributed by atoms with van der Waals surface area (Å²) in [4.78, 5) is 4.44. The third-order valence-electron chi connectivity index (χ3n) is 3.07. The first-order valence-corrected chi connectivity index (χ1v) is 7.68. The van der Waals surface area contributed by atoms with E-state index >= 15 is 0 Å². The van der Waals surface area contributed by atoms with Crippen molar-refractivity contribution < 1.29 is 9.47 Å². The molecule has 3 heteroatoms. The molecule has 0 aliphatic carbocycles. The van der Waals surface area contributed by atoms with Gasteiger partial charge in [0.15, 0.2) is 0 Å². The molecule has 2 rings (SSSR count). The molecule has 0 saturated carbocycles. The second-order valence-electron chi connectivity index (χ2n) is 6.66. The molecule has 0 unspecified atom stereocenters. The quantitative estimate of drug-likeness (QED) is 0.794. The molecule has 0 aliphatic heterocycles. The van der Waals surface area contributed by atoms with E-state index in [2.05, 4.69) is 4.98 Å². The molecule has 0 saturated heterocycles. The molecule has 1 aromatic carbocycles. The summed E-state index contributed by atoms with van der Waals surface area (Å²) in [6.45, 7) is 12.2. The van der Waals surface area contributed by atoms with E-state index in [1.165, 1.54) is 0 Å². The van der Waals surface area contributed by atoms with Crippen molar-refractivity contribution in [3.8, 4) is 22.8 Å². The minimum atomic E-state index is -0.244. The van der Waals surface area contributed by atoms with Crippen molar-refractivity contribution in [2.75, 3.05) is 0 Å². The number of rotatable bonds is 4. The third-order valence-corrected chi connectivity index (χ3v) is 3.07. The topological polar surface area (TPSA) is 31.4 Å². The molecular formula is C19H25NO2. The van der Waals surface area contributed by atoms with Crippen LogP contribution in [0.25, 0.3) is 11.3 Å². The molecular weight excluding hydrogens is 274 g/mol. The van der Waals surface area contributed by atoms with Crippen LogP contribution in [0.3, 0.4) is 0 Å². The Morgan fingerprint density at radius 1 is 1.05 bits per heavy atom. The predicted molar refractivity (Wildman–Crippen MR) is 90.6 cm³/mol. The average molecular weight is 299 g/mol. The largest absolute Gasteiger partial charge is 0.490 e. The van der Waals surface area contributed by atoms with E-state index in [0.29, 0.717) is 0 Å². The summed E-state index contributed by atoms with van der Waals surface area (Å²) >= 11 is 0. The Kier molecular flexibility index (Phi) is 4.74. The zero-order valence-corrected chi connectivity index (χ0v) is 14.3. The number of aromatic nitrogens is 1. The minimum Gasteiger partial charge on any atom is -0.490 e. The van der Waals surface area contributed by atoms with Crippen LogP contribution in [0.1, 0.15) is 40.2 Å². The molecule has 1 heterocycles. The first-order valence-electron chi connectivity index (χ1n) is 7.68. The maximum Gasteiger partial charge on any atom is 0.135 e. The van der Waals surface area contributed by atoms with E-state index in [0.717, 1.165) is 28.3 Å². The Balaban J connectivity index is 2.53. The second kappa shape index (κ2) is 6.39. The molecule has 0 amide bonds. The van der Waals surface area contributed by atoms with Crippen molar-refractivity contribution in [2.45, 2.75) is 53.2 Å². The summed E-state index contributed by atoms with van der Waals surface area (Å²) < 4.78 is 12.1. The normalized spacial score (nSPS) is 11.6. The van der Waals surface area contributed by atoms with Crippen molar-refractivity contribution in [3.05, 3.63) is 42.1 Å². The van der Waals surface area contributed by atoms with Crippen LogP contribution in [0.5, 0.6) is 11.5 Å². The summed E-state index contributed by atoms with van der Waals surface area (Å²) in [6, 6.07) is 9.91. The molecule has 0 atom stereocenters. The van der Waals surface area contributed by atoms with E-state index in [4.69, 9.17) is 9.47 Å². The van der Waals surface area contributed by atoms with Crippen LogP contribution < -0.4 is 9.47 Å². The highest BCUT2D eigenvalue weighted by Gasteiger charge is 2.19. The van der Waals surface area contributed by atoms with Crippen LogP contribution in [0.4, 0.5) is 0 Å². The molecule has 0 radical (unpaired) electrons. The van der Waals surface area contributed by atoms with Gasteiger partial charge < -0.3 is 9.47 Å². The van der Waals surface area contributed by atoms with Crippen LogP contribution in [0.15, 0.2) is 36.5 Å². The number of pyridine rings is 1. The molecule has 1 aromatic heterocycles. The molecule has 22 heavy (non-hydrogen) atoms. The Labute approximate surface area is 133 Å². The number of hydrogen-bond acceptors (Lipinski definition) is 3. The molecule has 0 fully saturated rings. The van der Waals surface area contributed by atoms with Gasteiger partial charge in [0.1, 0.15) is 17.1 Å². The summed E-state index contributed by atoms with van der Waals surface area (Å²) in [5.74, 6) is 1.69. The number of hydrogen-bond donors (Lipinski definition) is 0. The lowest BCUT2D eigenvalue weighted by Crippen LogP contribution is -2.23. The van der Waals surface area contributed by atoms with Crippen molar-refractivity contribution in [1.82, 2.24) is 4.98 Å². The van der Waals surface area contributed by atoms with Gasteiger partial charge in [0.05, 0.1) is 11.8 Å². The molecule has 118 valence electrons. The second-order valence-corrected chi connectivity index (χ2v) is 6.66. The van der Waals surface area contributed by atoms with Gasteiger partial charge >= 0.3 is 0 Å². The number of benzene rings is 1. The smallest absolute Gasteiger partial charge is 0.135 e. The van der Waals surface area contributed by atoms with Gasteiger partial charge in [-0.3, -0.25) is 4.98 Å². The zero-order chi connectivity index (χ0) is 16.3. The van der Waals surface area contributed by atoms with Crippen LogP contribution >= 0.6 is 0 Å². The standard InChI is InChI=1S/C19H25NO2/c1-13(2)21-18-14(3)17(22-19(4,5)6)11-10-15(18)16-9-7-8-12-20-16/h7-13H,1-6H3. The Morgan fingerprint density at radius 2 is 1.77 bits per heavy atom. The van der Waals surface area contributed by atoms with E-state index in [-0.39, 0.29) is 11.7 Å². The van der Waals surface area contributed by atoms with Gasteiger partial charge in [-0.05, 0) is 65.8 Å². The van der Waals surface area contributed by atoms with Crippen LogP contribution in [-0.4, -0.2) is 16.7 Å². The van der Waals surface area contributed by atoms with Gasteiger partial charge in [-0.1, -0.05) is 6.07 Å². The number of nitrogens with zero attached hydrogens (tertiary/aromatic N) is 1. The predicted octanol–water partition coefficient (Wildman–Crippen LogP) is 5.02. The fraction of sp³-hybridized carbons (Fsp3) is 0.421. The van der Waals surface area contributed by atoms with Gasteiger partial charge in [0, 0.05) is 17.3 Å². The molecule has 3 nitrogen and oxygen atoms in total. The molecule has 2 aromatic rings. The van der Waals surface area contributed by atoms with Crippen molar-refractivity contribution in [1.29, 1.82) is 0 Å². The summed E-state index contributed by atoms with van der Waals surface area (Å²) in [5.41, 5.74) is 2.66. The van der Waals surface area contributed by atoms with Gasteiger partial charge in [-0.15, -0.1) is 0 Å². The fourth-order valence-corrected chi connectivity index (χ4v) is 2.23. The Morgan fingerprint density at radius 3 is 2.32 bits per heavy atom. The highest BCUT2D eigenvalue weighted by molar-refractivity contribution is 5.71. The SMILES string of the molecule is Cc1c(OC(C)(C)C)ccc(-c2ccccn2)c1OC(C)C. The molecule has 0 N–H and O–H groups in total. The molecule has 0 spiro atoms. The first-order chi connectivity index (χ1) is 10.3. The van der Waals surface area contributed by atoms with Crippen molar-refractivity contribution in [2.24, 2.45) is 0 Å². The van der Waals surface area contributed by atoms with Crippen LogP contribution in [0.2, 0.25) is 0 Å². The van der Waals surface area contributed by atoms with Gasteiger partial charge in [-0.25, -0.2) is 0 Å². The zero-order valence-electron chi connectivity index (χ0n) is 14.3. The van der Waals surface area contributed by atoms with Crippen molar-refractivity contribution >= 4 is 0 Å². The first kappa shape index (κ1) is 16.3. The summed E-state index contributed by atoms with van der Waals surface area (Å²) in [7, 11) is 0. The average Bonchev–Trinajstić information content (AvgIpc) is 2.42. The van der Waals surface area contributed by atoms with E-state index in [1.807, 2.05) is 71.9 Å². The maximum absolute atomic E-state index is 6.07. The van der Waals surface area contributed by atoms with E-state index in [1.54, 1.807) is 6.20 Å². The monoisotopic (exact) mass is 299 g/mol. The highest BCUT2D eigenvalue weighted by Crippen LogP contribution is 2.38.